The molecule has 0 aliphatic carbocycles. The summed E-state index contributed by atoms with van der Waals surface area (Å²) in [5.74, 6) is -71.2. The zero-order valence-electron chi connectivity index (χ0n) is 36.0. The third-order valence-corrected chi connectivity index (χ3v) is 16.6. The molecule has 0 aliphatic heterocycles. The van der Waals surface area contributed by atoms with Crippen molar-refractivity contribution >= 4 is 72.9 Å². The molecule has 24 heteroatoms. The van der Waals surface area contributed by atoms with Gasteiger partial charge in [-0.05, 0) is 48.5 Å². The van der Waals surface area contributed by atoms with Crippen molar-refractivity contribution < 1.29 is 92.6 Å². The standard InChI is InChI=1S/C26H21BrOP.C24BF20/c27-22-12-10-11-21(19-22)26(28)20-29(23-13-4-1-5-14-23,24-15-6-2-7-16-24)25-17-8-3-9-18-25;26-5-1(6(27)14(35)21(42)13(5)34)25(2-7(28)15(36)22(43)16(37)8(2)29,3-9(30)17(38)23(44)18(39)10(3)31)4-11(32)19(40)24(45)20(41)12(4)33/h1-19H,20H2;/q+1;-1. The Hall–Kier alpha value is -7.00. The minimum Gasteiger partial charge on any atom is -0.290 e. The van der Waals surface area contributed by atoms with Crippen LogP contribution in [0.3, 0.4) is 0 Å². The Labute approximate surface area is 412 Å². The Morgan fingerprint density at radius 2 is 0.554 bits per heavy atom. The number of carbonyl (C=O) groups excluding carboxylic acids is 1. The molecule has 0 fully saturated rings. The van der Waals surface area contributed by atoms with Gasteiger partial charge in [0.25, 0.3) is 0 Å². The molecule has 0 saturated carbocycles. The van der Waals surface area contributed by atoms with Crippen LogP contribution in [0.1, 0.15) is 10.4 Å². The van der Waals surface area contributed by atoms with Crippen LogP contribution in [0.2, 0.25) is 0 Å². The average molecular weight is 1140 g/mol. The number of benzene rings is 8. The fourth-order valence-electron chi connectivity index (χ4n) is 8.61. The number of Topliss-reactive ketones (excluding diaryl/α,β-unsaturated/α-hetero) is 1. The first-order valence-electron chi connectivity index (χ1n) is 20.5. The summed E-state index contributed by atoms with van der Waals surface area (Å²) in [4.78, 5) is 13.5. The quantitative estimate of drug-likeness (QED) is 0.0333. The first-order valence-corrected chi connectivity index (χ1v) is 23.2. The molecule has 0 N–H and O–H groups in total. The summed E-state index contributed by atoms with van der Waals surface area (Å²) in [6.45, 7) is 0. The monoisotopic (exact) mass is 1140 g/mol. The van der Waals surface area contributed by atoms with Crippen LogP contribution >= 0.6 is 23.2 Å². The van der Waals surface area contributed by atoms with E-state index in [9.17, 15) is 57.5 Å². The Bertz CT molecular complexity index is 3040. The summed E-state index contributed by atoms with van der Waals surface area (Å²) in [6.07, 6.45) is -6.76. The molecule has 0 aliphatic rings. The topological polar surface area (TPSA) is 17.1 Å². The van der Waals surface area contributed by atoms with Gasteiger partial charge in [0.15, 0.2) is 69.8 Å². The predicted molar refractivity (Wildman–Crippen MR) is 238 cm³/mol. The van der Waals surface area contributed by atoms with Crippen molar-refractivity contribution in [2.24, 2.45) is 0 Å². The van der Waals surface area contributed by atoms with Crippen LogP contribution in [0, 0.1) is 116 Å². The van der Waals surface area contributed by atoms with Crippen LogP contribution in [0.4, 0.5) is 87.8 Å². The van der Waals surface area contributed by atoms with Gasteiger partial charge < -0.3 is 0 Å². The van der Waals surface area contributed by atoms with E-state index in [2.05, 4.69) is 88.7 Å². The van der Waals surface area contributed by atoms with Gasteiger partial charge in [-0.15, -0.1) is 21.9 Å². The zero-order valence-corrected chi connectivity index (χ0v) is 38.5. The second-order valence-corrected chi connectivity index (χ2v) is 20.1. The van der Waals surface area contributed by atoms with Crippen molar-refractivity contribution in [1.82, 2.24) is 0 Å². The molecule has 0 aromatic heterocycles. The van der Waals surface area contributed by atoms with Crippen molar-refractivity contribution in [2.45, 2.75) is 0 Å². The lowest BCUT2D eigenvalue weighted by Crippen LogP contribution is -2.81. The Morgan fingerprint density at radius 1 is 0.324 bits per heavy atom. The van der Waals surface area contributed by atoms with Crippen LogP contribution in [0.15, 0.2) is 120 Å². The van der Waals surface area contributed by atoms with E-state index >= 15 is 35.1 Å². The molecule has 382 valence electrons. The van der Waals surface area contributed by atoms with Gasteiger partial charge in [-0.25, -0.2) is 87.8 Å². The lowest BCUT2D eigenvalue weighted by atomic mass is 9.12. The predicted octanol–water partition coefficient (Wildman–Crippen LogP) is 11.5. The molecule has 0 saturated heterocycles. The number of halogens is 21. The molecular weight excluding hydrogens is 1120 g/mol. The molecule has 8 rings (SSSR count). The van der Waals surface area contributed by atoms with Crippen molar-refractivity contribution in [3.8, 4) is 0 Å². The van der Waals surface area contributed by atoms with E-state index in [1.54, 1.807) is 0 Å². The van der Waals surface area contributed by atoms with Gasteiger partial charge in [-0.2, -0.15) is 0 Å². The van der Waals surface area contributed by atoms with Gasteiger partial charge in [-0.3, -0.25) is 4.79 Å². The van der Waals surface area contributed by atoms with Gasteiger partial charge in [0.2, 0.25) is 5.78 Å². The van der Waals surface area contributed by atoms with Crippen molar-refractivity contribution in [3.05, 3.63) is 242 Å². The summed E-state index contributed by atoms with van der Waals surface area (Å²) >= 11 is 3.50. The molecule has 0 heterocycles. The summed E-state index contributed by atoms with van der Waals surface area (Å²) in [7, 11) is -2.15. The third kappa shape index (κ3) is 8.80. The molecule has 0 radical (unpaired) electrons. The Morgan fingerprint density at radius 3 is 0.784 bits per heavy atom. The summed E-state index contributed by atoms with van der Waals surface area (Å²) < 4.78 is 295. The van der Waals surface area contributed by atoms with E-state index in [1.165, 1.54) is 15.9 Å². The molecule has 0 bridgehead atoms. The average Bonchev–Trinajstić information content (AvgIpc) is 3.41. The maximum atomic E-state index is 15.4. The van der Waals surface area contributed by atoms with Gasteiger partial charge in [0, 0.05) is 10.0 Å². The van der Waals surface area contributed by atoms with Gasteiger partial charge in [0.05, 0.1) is 0 Å². The minimum atomic E-state index is -7.22. The number of ketones is 1. The minimum absolute atomic E-state index is 0.163. The lowest BCUT2D eigenvalue weighted by molar-refractivity contribution is 0.102. The van der Waals surface area contributed by atoms with Crippen molar-refractivity contribution in [2.75, 3.05) is 6.16 Å². The van der Waals surface area contributed by atoms with E-state index in [1.807, 2.05) is 42.5 Å². The first-order chi connectivity index (χ1) is 34.9. The second-order valence-electron chi connectivity index (χ2n) is 15.7. The molecule has 0 atom stereocenters. The molecular formula is C50H21BBrF20OP. The molecule has 8 aromatic rings. The Kier molecular flexibility index (Phi) is 15.6. The Balaban J connectivity index is 0.000000237. The van der Waals surface area contributed by atoms with E-state index in [4.69, 9.17) is 0 Å². The van der Waals surface area contributed by atoms with E-state index in [0.29, 0.717) is 6.16 Å². The highest BCUT2D eigenvalue weighted by atomic mass is 79.9. The summed E-state index contributed by atoms with van der Waals surface area (Å²) in [6, 6.07) is 39.2. The zero-order chi connectivity index (χ0) is 54.5. The van der Waals surface area contributed by atoms with Gasteiger partial charge in [-0.1, -0.05) is 82.7 Å². The summed E-state index contributed by atoms with van der Waals surface area (Å²) in [5, 5.41) is 3.67. The van der Waals surface area contributed by atoms with E-state index in [0.717, 1.165) is 10.0 Å². The third-order valence-electron chi connectivity index (χ3n) is 11.8. The smallest absolute Gasteiger partial charge is 0.201 e. The number of carbonyl (C=O) groups is 1. The summed E-state index contributed by atoms with van der Waals surface area (Å²) in [5.41, 5.74) is -13.6. The number of hydrogen-bond acceptors (Lipinski definition) is 1. The molecule has 0 amide bonds. The van der Waals surface area contributed by atoms with Gasteiger partial charge >= 0.3 is 0 Å². The maximum absolute atomic E-state index is 15.4. The normalized spacial score (nSPS) is 11.7. The molecule has 0 spiro atoms. The van der Waals surface area contributed by atoms with Gasteiger partial charge in [0.1, 0.15) is 82.0 Å². The van der Waals surface area contributed by atoms with Crippen LogP contribution in [0.25, 0.3) is 0 Å². The second kappa shape index (κ2) is 21.1. The van der Waals surface area contributed by atoms with E-state index < -0.39 is 152 Å². The SMILES string of the molecule is Fc1c(F)c(F)c([B-](c2c(F)c(F)c(F)c(F)c2F)(c2c(F)c(F)c(F)c(F)c2F)c2c(F)c(F)c(F)c(F)c2F)c(F)c1F.O=C(C[P+](c1ccccc1)(c1ccccc1)c1ccccc1)c1cccc(Br)c1. The molecule has 0 unspecified atom stereocenters. The lowest BCUT2D eigenvalue weighted by Gasteiger charge is -2.44. The molecule has 1 nitrogen and oxygen atoms in total. The van der Waals surface area contributed by atoms with Crippen molar-refractivity contribution in [1.29, 1.82) is 0 Å². The van der Waals surface area contributed by atoms with Crippen LogP contribution in [-0.4, -0.2) is 18.1 Å². The van der Waals surface area contributed by atoms with Crippen LogP contribution in [0.5, 0.6) is 0 Å². The highest BCUT2D eigenvalue weighted by molar-refractivity contribution is 9.10. The maximum Gasteiger partial charge on any atom is 0.201 e. The fraction of sp³-hybridized carbons (Fsp3) is 0.0200. The highest BCUT2D eigenvalue weighted by Crippen LogP contribution is 2.55. The van der Waals surface area contributed by atoms with E-state index in [-0.39, 0.29) is 5.78 Å². The number of rotatable bonds is 10. The van der Waals surface area contributed by atoms with Crippen molar-refractivity contribution in [3.63, 3.8) is 0 Å². The fourth-order valence-corrected chi connectivity index (χ4v) is 13.1. The highest BCUT2D eigenvalue weighted by Gasteiger charge is 2.53. The first kappa shape index (κ1) is 54.8. The molecule has 74 heavy (non-hydrogen) atoms. The molecule has 8 aromatic carbocycles. The van der Waals surface area contributed by atoms with Crippen LogP contribution < -0.4 is 37.8 Å². The van der Waals surface area contributed by atoms with Crippen LogP contribution in [-0.2, 0) is 0 Å². The largest absolute Gasteiger partial charge is 0.290 e. The number of hydrogen-bond donors (Lipinski definition) is 0.